The van der Waals surface area contributed by atoms with Gasteiger partial charge in [0.05, 0.1) is 18.9 Å². The Morgan fingerprint density at radius 2 is 2.14 bits per heavy atom. The molecular formula is C14H20ClN5O. The van der Waals surface area contributed by atoms with Crippen molar-refractivity contribution < 1.29 is 5.11 Å². The van der Waals surface area contributed by atoms with Gasteiger partial charge in [0.25, 0.3) is 0 Å². The van der Waals surface area contributed by atoms with Crippen molar-refractivity contribution in [1.29, 1.82) is 0 Å². The highest BCUT2D eigenvalue weighted by Crippen LogP contribution is 2.32. The smallest absolute Gasteiger partial charge is 0.128 e. The van der Waals surface area contributed by atoms with Gasteiger partial charge in [-0.2, -0.15) is 5.10 Å². The molecule has 0 bridgehead atoms. The van der Waals surface area contributed by atoms with E-state index in [0.29, 0.717) is 11.1 Å². The molecule has 1 aliphatic rings. The third-order valence-corrected chi connectivity index (χ3v) is 4.65. The van der Waals surface area contributed by atoms with E-state index in [1.54, 1.807) is 6.20 Å². The van der Waals surface area contributed by atoms with Crippen LogP contribution in [0.4, 0.5) is 0 Å². The molecule has 0 amide bonds. The largest absolute Gasteiger partial charge is 0.396 e. The molecule has 0 unspecified atom stereocenters. The molecule has 21 heavy (non-hydrogen) atoms. The summed E-state index contributed by atoms with van der Waals surface area (Å²) >= 11 is 6.03. The summed E-state index contributed by atoms with van der Waals surface area (Å²) in [7, 11) is 3.84. The van der Waals surface area contributed by atoms with E-state index >= 15 is 0 Å². The maximum Gasteiger partial charge on any atom is 0.128 e. The molecule has 6 nitrogen and oxygen atoms in total. The third-order valence-electron chi connectivity index (χ3n) is 4.30. The Morgan fingerprint density at radius 1 is 1.33 bits per heavy atom. The summed E-state index contributed by atoms with van der Waals surface area (Å²) in [6.45, 7) is 2.70. The lowest BCUT2D eigenvalue weighted by molar-refractivity contribution is 0.212. The van der Waals surface area contributed by atoms with E-state index in [0.717, 1.165) is 25.5 Å². The molecule has 0 saturated carbocycles. The Kier molecular flexibility index (Phi) is 4.01. The molecule has 3 rings (SSSR count). The molecule has 0 aliphatic carbocycles. The van der Waals surface area contributed by atoms with Gasteiger partial charge in [0.1, 0.15) is 11.0 Å². The summed E-state index contributed by atoms with van der Waals surface area (Å²) in [4.78, 5) is 6.66. The number of rotatable bonds is 4. The molecule has 1 N–H and O–H groups in total. The minimum Gasteiger partial charge on any atom is -0.396 e. The Bertz CT molecular complexity index is 623. The average molecular weight is 310 g/mol. The van der Waals surface area contributed by atoms with Crippen LogP contribution >= 0.6 is 11.6 Å². The highest BCUT2D eigenvalue weighted by Gasteiger charge is 2.34. The van der Waals surface area contributed by atoms with Crippen LogP contribution < -0.4 is 0 Å². The van der Waals surface area contributed by atoms with Crippen LogP contribution in [0.2, 0.25) is 5.15 Å². The predicted molar refractivity (Wildman–Crippen MR) is 80.0 cm³/mol. The first-order valence-electron chi connectivity index (χ1n) is 7.06. The van der Waals surface area contributed by atoms with Crippen LogP contribution in [0.1, 0.15) is 17.3 Å². The normalized spacial score (nSPS) is 23.0. The molecule has 7 heteroatoms. The highest BCUT2D eigenvalue weighted by atomic mass is 35.5. The van der Waals surface area contributed by atoms with E-state index in [-0.39, 0.29) is 12.5 Å². The summed E-state index contributed by atoms with van der Waals surface area (Å²) < 4.78 is 3.71. The first kappa shape index (κ1) is 14.6. The lowest BCUT2D eigenvalue weighted by Crippen LogP contribution is -2.22. The van der Waals surface area contributed by atoms with Crippen molar-refractivity contribution in [3.63, 3.8) is 0 Å². The van der Waals surface area contributed by atoms with Gasteiger partial charge in [0.2, 0.25) is 0 Å². The van der Waals surface area contributed by atoms with Gasteiger partial charge in [-0.1, -0.05) is 11.6 Å². The van der Waals surface area contributed by atoms with Gasteiger partial charge in [-0.25, -0.2) is 4.98 Å². The number of aliphatic hydroxyl groups excluding tert-OH is 1. The molecule has 114 valence electrons. The van der Waals surface area contributed by atoms with Gasteiger partial charge in [-0.15, -0.1) is 0 Å². The molecule has 2 atom stereocenters. The Hall–Kier alpha value is -1.37. The minimum atomic E-state index is 0.192. The number of hydrogen-bond donors (Lipinski definition) is 1. The van der Waals surface area contributed by atoms with Crippen molar-refractivity contribution in [3.8, 4) is 0 Å². The maximum absolute atomic E-state index is 9.65. The van der Waals surface area contributed by atoms with E-state index < -0.39 is 0 Å². The van der Waals surface area contributed by atoms with Crippen molar-refractivity contribution in [2.45, 2.75) is 12.5 Å². The Morgan fingerprint density at radius 3 is 2.71 bits per heavy atom. The van der Waals surface area contributed by atoms with Crippen LogP contribution in [0.5, 0.6) is 0 Å². The van der Waals surface area contributed by atoms with Crippen LogP contribution in [0.3, 0.4) is 0 Å². The number of hydrogen-bond acceptors (Lipinski definition) is 4. The van der Waals surface area contributed by atoms with Crippen molar-refractivity contribution in [1.82, 2.24) is 24.2 Å². The summed E-state index contributed by atoms with van der Waals surface area (Å²) in [5.41, 5.74) is 1.19. The van der Waals surface area contributed by atoms with Gasteiger partial charge in [-0.05, 0) is 5.56 Å². The van der Waals surface area contributed by atoms with Crippen molar-refractivity contribution in [2.24, 2.45) is 20.0 Å². The lowest BCUT2D eigenvalue weighted by atomic mass is 9.92. The number of aromatic nitrogens is 4. The molecule has 3 heterocycles. The average Bonchev–Trinajstić information content (AvgIpc) is 3.14. The zero-order valence-corrected chi connectivity index (χ0v) is 13.0. The van der Waals surface area contributed by atoms with E-state index in [2.05, 4.69) is 15.0 Å². The van der Waals surface area contributed by atoms with Crippen molar-refractivity contribution in [2.75, 3.05) is 19.7 Å². The second-order valence-corrected chi connectivity index (χ2v) is 6.13. The zero-order valence-electron chi connectivity index (χ0n) is 12.3. The van der Waals surface area contributed by atoms with Gasteiger partial charge < -0.3 is 9.67 Å². The summed E-state index contributed by atoms with van der Waals surface area (Å²) in [6.07, 6.45) is 5.61. The quantitative estimate of drug-likeness (QED) is 0.916. The predicted octanol–water partition coefficient (Wildman–Crippen LogP) is 1.01. The van der Waals surface area contributed by atoms with Gasteiger partial charge in [0, 0.05) is 51.8 Å². The minimum absolute atomic E-state index is 0.192. The van der Waals surface area contributed by atoms with Crippen LogP contribution in [0.15, 0.2) is 18.6 Å². The number of imidazole rings is 1. The van der Waals surface area contributed by atoms with Crippen LogP contribution in [-0.2, 0) is 20.6 Å². The lowest BCUT2D eigenvalue weighted by Gasteiger charge is -2.15. The van der Waals surface area contributed by atoms with E-state index in [4.69, 9.17) is 11.6 Å². The van der Waals surface area contributed by atoms with E-state index in [9.17, 15) is 5.11 Å². The molecule has 2 aromatic rings. The second-order valence-electron chi connectivity index (χ2n) is 5.75. The number of halogens is 1. The number of aliphatic hydroxyl groups is 1. The summed E-state index contributed by atoms with van der Waals surface area (Å²) in [6, 6.07) is 0. The first-order chi connectivity index (χ1) is 10.1. The third kappa shape index (κ3) is 2.84. The first-order valence-corrected chi connectivity index (χ1v) is 7.44. The Labute approximate surface area is 129 Å². The fourth-order valence-electron chi connectivity index (χ4n) is 3.06. The van der Waals surface area contributed by atoms with Gasteiger partial charge in [-0.3, -0.25) is 9.58 Å². The van der Waals surface area contributed by atoms with Crippen molar-refractivity contribution >= 4 is 11.6 Å². The highest BCUT2D eigenvalue weighted by molar-refractivity contribution is 6.29. The molecule has 1 fully saturated rings. The van der Waals surface area contributed by atoms with Crippen LogP contribution in [0.25, 0.3) is 0 Å². The molecule has 0 radical (unpaired) electrons. The van der Waals surface area contributed by atoms with Crippen LogP contribution in [0, 0.1) is 5.92 Å². The number of aryl methyl sites for hydroxylation is 1. The van der Waals surface area contributed by atoms with Gasteiger partial charge >= 0.3 is 0 Å². The second kappa shape index (κ2) is 5.79. The Balaban J connectivity index is 1.73. The fourth-order valence-corrected chi connectivity index (χ4v) is 3.20. The fraction of sp³-hybridized carbons (Fsp3) is 0.571. The number of nitrogens with zero attached hydrogens (tertiary/aromatic N) is 5. The van der Waals surface area contributed by atoms with Crippen molar-refractivity contribution in [3.05, 3.63) is 35.1 Å². The standard InChI is InChI=1S/C14H20ClN5O/c1-18-5-10(3-17-18)12-7-20(6-11(12)9-21)8-14-16-4-13(15)19(14)2/h3-5,11-12,21H,6-9H2,1-2H3/t11-,12-/m0/s1. The summed E-state index contributed by atoms with van der Waals surface area (Å²) in [5, 5.41) is 14.5. The monoisotopic (exact) mass is 309 g/mol. The molecule has 1 aliphatic heterocycles. The van der Waals surface area contributed by atoms with Gasteiger partial charge in [0.15, 0.2) is 0 Å². The van der Waals surface area contributed by atoms with E-state index in [1.807, 2.05) is 35.7 Å². The maximum atomic E-state index is 9.65. The molecule has 0 aromatic carbocycles. The molecule has 1 saturated heterocycles. The van der Waals surface area contributed by atoms with E-state index in [1.165, 1.54) is 5.56 Å². The molecule has 2 aromatic heterocycles. The van der Waals surface area contributed by atoms with Crippen LogP contribution in [-0.4, -0.2) is 49.0 Å². The SMILES string of the molecule is Cn1cc([C@@H]2CN(Cc3ncc(Cl)n3C)C[C@H]2CO)cn1. The zero-order chi connectivity index (χ0) is 15.0. The summed E-state index contributed by atoms with van der Waals surface area (Å²) in [5.74, 6) is 1.51. The molecule has 0 spiro atoms. The molecular weight excluding hydrogens is 290 g/mol. The topological polar surface area (TPSA) is 59.1 Å². The number of likely N-dealkylation sites (tertiary alicyclic amines) is 1.